The Bertz CT molecular complexity index is 507. The normalized spacial score (nSPS) is 9.31. The minimum Gasteiger partial charge on any atom is -0.465 e. The van der Waals surface area contributed by atoms with Gasteiger partial charge in [-0.25, -0.2) is 4.79 Å². The third-order valence-corrected chi connectivity index (χ3v) is 2.07. The molecule has 6 nitrogen and oxygen atoms in total. The van der Waals surface area contributed by atoms with Crippen molar-refractivity contribution in [3.8, 4) is 6.07 Å². The monoisotopic (exact) mass is 240 g/mol. The Morgan fingerprint density at radius 2 is 2.25 bits per heavy atom. The van der Waals surface area contributed by atoms with Crippen LogP contribution in [0, 0.1) is 21.4 Å². The van der Waals surface area contributed by atoms with Crippen LogP contribution in [0.4, 0.5) is 5.69 Å². The second-order valence-electron chi connectivity index (χ2n) is 2.71. The van der Waals surface area contributed by atoms with Gasteiger partial charge < -0.3 is 4.74 Å². The zero-order valence-corrected chi connectivity index (χ0v) is 8.82. The number of methoxy groups -OCH3 is 1. The number of nitro benzene ring substituents is 1. The fourth-order valence-electron chi connectivity index (χ4n) is 1.11. The van der Waals surface area contributed by atoms with E-state index in [-0.39, 0.29) is 16.1 Å². The standard InChI is InChI=1S/C9H5ClN2O4/c1-16-9(13)6-2-5(4-11)3-7(10)8(6)12(14)15/h2-3H,1H3. The van der Waals surface area contributed by atoms with E-state index in [0.717, 1.165) is 19.2 Å². The highest BCUT2D eigenvalue weighted by Gasteiger charge is 2.25. The predicted octanol–water partition coefficient (Wildman–Crippen LogP) is 1.91. The number of carbonyl (C=O) groups excluding carboxylic acids is 1. The molecule has 0 N–H and O–H groups in total. The number of benzene rings is 1. The van der Waals surface area contributed by atoms with E-state index in [1.807, 2.05) is 0 Å². The third kappa shape index (κ3) is 2.10. The highest BCUT2D eigenvalue weighted by atomic mass is 35.5. The lowest BCUT2D eigenvalue weighted by atomic mass is 10.1. The van der Waals surface area contributed by atoms with Gasteiger partial charge in [-0.05, 0) is 12.1 Å². The summed E-state index contributed by atoms with van der Waals surface area (Å²) in [6.45, 7) is 0. The van der Waals surface area contributed by atoms with Crippen LogP contribution in [0.2, 0.25) is 5.02 Å². The molecule has 0 aliphatic rings. The van der Waals surface area contributed by atoms with Crippen molar-refractivity contribution in [2.75, 3.05) is 7.11 Å². The first-order valence-electron chi connectivity index (χ1n) is 3.97. The number of rotatable bonds is 2. The Kier molecular flexibility index (Phi) is 3.43. The van der Waals surface area contributed by atoms with Crippen LogP contribution >= 0.6 is 11.6 Å². The maximum Gasteiger partial charge on any atom is 0.344 e. The fourth-order valence-corrected chi connectivity index (χ4v) is 1.40. The van der Waals surface area contributed by atoms with Gasteiger partial charge in [-0.1, -0.05) is 11.6 Å². The molecule has 0 amide bonds. The van der Waals surface area contributed by atoms with E-state index in [1.165, 1.54) is 0 Å². The largest absolute Gasteiger partial charge is 0.465 e. The molecule has 0 fully saturated rings. The van der Waals surface area contributed by atoms with Crippen molar-refractivity contribution >= 4 is 23.3 Å². The van der Waals surface area contributed by atoms with Gasteiger partial charge in [0.05, 0.1) is 23.7 Å². The zero-order valence-electron chi connectivity index (χ0n) is 8.06. The summed E-state index contributed by atoms with van der Waals surface area (Å²) in [7, 11) is 1.08. The molecule has 0 heterocycles. The molecule has 1 rings (SSSR count). The van der Waals surface area contributed by atoms with Crippen molar-refractivity contribution in [2.24, 2.45) is 0 Å². The molecule has 0 aliphatic carbocycles. The summed E-state index contributed by atoms with van der Waals surface area (Å²) in [5, 5.41) is 19.1. The highest BCUT2D eigenvalue weighted by molar-refractivity contribution is 6.33. The molecule has 82 valence electrons. The number of esters is 1. The molecule has 0 saturated carbocycles. The first-order valence-corrected chi connectivity index (χ1v) is 4.35. The predicted molar refractivity (Wildman–Crippen MR) is 54.2 cm³/mol. The lowest BCUT2D eigenvalue weighted by molar-refractivity contribution is -0.385. The van der Waals surface area contributed by atoms with E-state index in [9.17, 15) is 14.9 Å². The summed E-state index contributed by atoms with van der Waals surface area (Å²) in [6.07, 6.45) is 0. The van der Waals surface area contributed by atoms with Gasteiger partial charge >= 0.3 is 11.7 Å². The summed E-state index contributed by atoms with van der Waals surface area (Å²) < 4.78 is 4.37. The number of nitro groups is 1. The van der Waals surface area contributed by atoms with Crippen LogP contribution in [0.15, 0.2) is 12.1 Å². The zero-order chi connectivity index (χ0) is 12.3. The van der Waals surface area contributed by atoms with E-state index in [4.69, 9.17) is 16.9 Å². The van der Waals surface area contributed by atoms with Gasteiger partial charge in [-0.3, -0.25) is 10.1 Å². The van der Waals surface area contributed by atoms with Crippen LogP contribution < -0.4 is 0 Å². The molecule has 7 heteroatoms. The first kappa shape index (κ1) is 11.9. The van der Waals surface area contributed by atoms with Gasteiger partial charge in [0.15, 0.2) is 0 Å². The molecular formula is C9H5ClN2O4. The second-order valence-corrected chi connectivity index (χ2v) is 3.12. The van der Waals surface area contributed by atoms with E-state index >= 15 is 0 Å². The second kappa shape index (κ2) is 4.59. The summed E-state index contributed by atoms with van der Waals surface area (Å²) in [5.41, 5.74) is -0.847. The fraction of sp³-hybridized carbons (Fsp3) is 0.111. The highest BCUT2D eigenvalue weighted by Crippen LogP contribution is 2.30. The lowest BCUT2D eigenvalue weighted by Crippen LogP contribution is -2.06. The smallest absolute Gasteiger partial charge is 0.344 e. The molecule has 0 atom stereocenters. The van der Waals surface area contributed by atoms with E-state index in [0.29, 0.717) is 0 Å². The van der Waals surface area contributed by atoms with Gasteiger partial charge in [0, 0.05) is 0 Å². The van der Waals surface area contributed by atoms with Crippen LogP contribution in [-0.2, 0) is 4.74 Å². The van der Waals surface area contributed by atoms with Gasteiger partial charge in [0.2, 0.25) is 0 Å². The molecule has 0 radical (unpaired) electrons. The minimum absolute atomic E-state index is 0.0519. The van der Waals surface area contributed by atoms with Crippen molar-refractivity contribution in [2.45, 2.75) is 0 Å². The van der Waals surface area contributed by atoms with Crippen LogP contribution in [-0.4, -0.2) is 18.0 Å². The van der Waals surface area contributed by atoms with Crippen LogP contribution in [0.3, 0.4) is 0 Å². The molecule has 1 aromatic rings. The molecule has 0 unspecified atom stereocenters. The summed E-state index contributed by atoms with van der Waals surface area (Å²) >= 11 is 5.61. The Morgan fingerprint density at radius 1 is 1.62 bits per heavy atom. The Labute approximate surface area is 95.2 Å². The number of ether oxygens (including phenoxy) is 1. The number of halogens is 1. The minimum atomic E-state index is -0.911. The molecule has 0 aliphatic heterocycles. The van der Waals surface area contributed by atoms with Crippen molar-refractivity contribution in [1.82, 2.24) is 0 Å². The molecule has 16 heavy (non-hydrogen) atoms. The summed E-state index contributed by atoms with van der Waals surface area (Å²) in [5.74, 6) is -0.911. The molecule has 0 bridgehead atoms. The Hall–Kier alpha value is -2.13. The Balaban J connectivity index is 3.54. The van der Waals surface area contributed by atoms with Gasteiger partial charge in [0.1, 0.15) is 10.6 Å². The Morgan fingerprint density at radius 3 is 2.69 bits per heavy atom. The first-order chi connectivity index (χ1) is 7.51. The topological polar surface area (TPSA) is 93.2 Å². The van der Waals surface area contributed by atoms with Gasteiger partial charge in [-0.15, -0.1) is 0 Å². The summed E-state index contributed by atoms with van der Waals surface area (Å²) in [4.78, 5) is 21.2. The van der Waals surface area contributed by atoms with Gasteiger partial charge in [-0.2, -0.15) is 5.26 Å². The quantitative estimate of drug-likeness (QED) is 0.447. The van der Waals surface area contributed by atoms with E-state index in [1.54, 1.807) is 6.07 Å². The molecule has 0 aromatic heterocycles. The maximum absolute atomic E-state index is 11.3. The van der Waals surface area contributed by atoms with Crippen LogP contribution in [0.5, 0.6) is 0 Å². The number of hydrogen-bond donors (Lipinski definition) is 0. The molecular weight excluding hydrogens is 236 g/mol. The van der Waals surface area contributed by atoms with Crippen molar-refractivity contribution < 1.29 is 14.5 Å². The number of nitrogens with zero attached hydrogens (tertiary/aromatic N) is 2. The number of hydrogen-bond acceptors (Lipinski definition) is 5. The van der Waals surface area contributed by atoms with Crippen LogP contribution in [0.1, 0.15) is 15.9 Å². The number of nitriles is 1. The lowest BCUT2D eigenvalue weighted by Gasteiger charge is -2.03. The van der Waals surface area contributed by atoms with Gasteiger partial charge in [0.25, 0.3) is 0 Å². The van der Waals surface area contributed by atoms with Crippen molar-refractivity contribution in [3.63, 3.8) is 0 Å². The molecule has 0 saturated heterocycles. The summed E-state index contributed by atoms with van der Waals surface area (Å²) in [6, 6.07) is 3.92. The van der Waals surface area contributed by atoms with E-state index in [2.05, 4.69) is 4.74 Å². The molecule has 1 aromatic carbocycles. The van der Waals surface area contributed by atoms with E-state index < -0.39 is 16.6 Å². The number of carbonyl (C=O) groups is 1. The van der Waals surface area contributed by atoms with Crippen molar-refractivity contribution in [3.05, 3.63) is 38.4 Å². The average molecular weight is 241 g/mol. The van der Waals surface area contributed by atoms with Crippen LogP contribution in [0.25, 0.3) is 0 Å². The maximum atomic E-state index is 11.3. The van der Waals surface area contributed by atoms with Crippen molar-refractivity contribution in [1.29, 1.82) is 5.26 Å². The average Bonchev–Trinajstić information content (AvgIpc) is 2.26. The SMILES string of the molecule is COC(=O)c1cc(C#N)cc(Cl)c1[N+](=O)[O-]. The molecule has 0 spiro atoms. The third-order valence-electron chi connectivity index (χ3n) is 1.78.